The van der Waals surface area contributed by atoms with Crippen LogP contribution in [0.25, 0.3) is 10.8 Å². The molecule has 0 bridgehead atoms. The van der Waals surface area contributed by atoms with E-state index in [1.54, 1.807) is 21.9 Å². The van der Waals surface area contributed by atoms with Crippen molar-refractivity contribution in [3.05, 3.63) is 65.0 Å². The van der Waals surface area contributed by atoms with Crippen LogP contribution in [-0.2, 0) is 4.79 Å². The molecule has 1 aliphatic rings. The standard InChI is InChI=1S/C21H19BrN2O4/c22-20-16-5-2-1-4-15(16)7-8-17(20)28-14-19(25)23-9-11-24(12-10-23)21(26)18-6-3-13-27-18/h1-8,13H,9-12,14H2. The van der Waals surface area contributed by atoms with Gasteiger partial charge in [0.25, 0.3) is 11.8 Å². The summed E-state index contributed by atoms with van der Waals surface area (Å²) in [5.74, 6) is 0.724. The van der Waals surface area contributed by atoms with Crippen molar-refractivity contribution in [2.24, 2.45) is 0 Å². The van der Waals surface area contributed by atoms with Crippen LogP contribution in [0.4, 0.5) is 0 Å². The number of fused-ring (bicyclic) bond motifs is 1. The van der Waals surface area contributed by atoms with Crippen LogP contribution in [0, 0.1) is 0 Å². The molecule has 144 valence electrons. The van der Waals surface area contributed by atoms with Gasteiger partial charge in [-0.25, -0.2) is 0 Å². The number of nitrogens with zero attached hydrogens (tertiary/aromatic N) is 2. The van der Waals surface area contributed by atoms with Crippen molar-refractivity contribution in [1.82, 2.24) is 9.80 Å². The third-order valence-corrected chi connectivity index (χ3v) is 5.65. The molecule has 1 fully saturated rings. The molecule has 1 aliphatic heterocycles. The maximum atomic E-state index is 12.5. The zero-order chi connectivity index (χ0) is 19.5. The summed E-state index contributed by atoms with van der Waals surface area (Å²) in [4.78, 5) is 28.2. The summed E-state index contributed by atoms with van der Waals surface area (Å²) >= 11 is 3.57. The first-order valence-electron chi connectivity index (χ1n) is 9.04. The predicted octanol–water partition coefficient (Wildman–Crippen LogP) is 3.56. The van der Waals surface area contributed by atoms with Crippen molar-refractivity contribution >= 4 is 38.5 Å². The quantitative estimate of drug-likeness (QED) is 0.619. The first kappa shape index (κ1) is 18.6. The molecule has 3 aromatic rings. The molecule has 1 saturated heterocycles. The largest absolute Gasteiger partial charge is 0.483 e. The molecule has 28 heavy (non-hydrogen) atoms. The highest BCUT2D eigenvalue weighted by Gasteiger charge is 2.26. The highest BCUT2D eigenvalue weighted by atomic mass is 79.9. The number of hydrogen-bond donors (Lipinski definition) is 0. The molecule has 0 saturated carbocycles. The Balaban J connectivity index is 1.33. The third kappa shape index (κ3) is 3.75. The van der Waals surface area contributed by atoms with Crippen molar-refractivity contribution in [1.29, 1.82) is 0 Å². The lowest BCUT2D eigenvalue weighted by molar-refractivity contribution is -0.134. The first-order valence-corrected chi connectivity index (χ1v) is 9.83. The van der Waals surface area contributed by atoms with Crippen LogP contribution >= 0.6 is 15.9 Å². The van der Waals surface area contributed by atoms with E-state index < -0.39 is 0 Å². The number of hydrogen-bond acceptors (Lipinski definition) is 4. The number of ether oxygens (including phenoxy) is 1. The molecule has 2 aromatic carbocycles. The highest BCUT2D eigenvalue weighted by molar-refractivity contribution is 9.10. The van der Waals surface area contributed by atoms with Crippen LogP contribution < -0.4 is 4.74 Å². The van der Waals surface area contributed by atoms with Gasteiger partial charge < -0.3 is 19.0 Å². The van der Waals surface area contributed by atoms with Crippen LogP contribution in [0.3, 0.4) is 0 Å². The van der Waals surface area contributed by atoms with Gasteiger partial charge in [-0.3, -0.25) is 9.59 Å². The van der Waals surface area contributed by atoms with E-state index in [-0.39, 0.29) is 18.4 Å². The van der Waals surface area contributed by atoms with Crippen molar-refractivity contribution in [2.45, 2.75) is 0 Å². The zero-order valence-electron chi connectivity index (χ0n) is 15.1. The number of benzene rings is 2. The number of carbonyl (C=O) groups is 2. The van der Waals surface area contributed by atoms with Crippen molar-refractivity contribution in [3.63, 3.8) is 0 Å². The summed E-state index contributed by atoms with van der Waals surface area (Å²) in [7, 11) is 0. The van der Waals surface area contributed by atoms with E-state index >= 15 is 0 Å². The van der Waals surface area contributed by atoms with E-state index in [0.29, 0.717) is 37.7 Å². The zero-order valence-corrected chi connectivity index (χ0v) is 16.7. The van der Waals surface area contributed by atoms with Gasteiger partial charge in [-0.1, -0.05) is 30.3 Å². The van der Waals surface area contributed by atoms with Crippen LogP contribution in [0.2, 0.25) is 0 Å². The summed E-state index contributed by atoms with van der Waals surface area (Å²) in [5.41, 5.74) is 0. The van der Waals surface area contributed by atoms with E-state index in [0.717, 1.165) is 15.2 Å². The Morgan fingerprint density at radius 2 is 1.71 bits per heavy atom. The van der Waals surface area contributed by atoms with Crippen LogP contribution in [0.5, 0.6) is 5.75 Å². The molecule has 0 aliphatic carbocycles. The van der Waals surface area contributed by atoms with Gasteiger partial charge in [-0.15, -0.1) is 0 Å². The first-order chi connectivity index (χ1) is 13.6. The minimum atomic E-state index is -0.145. The van der Waals surface area contributed by atoms with Crippen LogP contribution in [-0.4, -0.2) is 54.4 Å². The smallest absolute Gasteiger partial charge is 0.289 e. The summed E-state index contributed by atoms with van der Waals surface area (Å²) < 4.78 is 11.8. The normalized spacial score (nSPS) is 14.3. The second-order valence-electron chi connectivity index (χ2n) is 6.54. The Kier molecular flexibility index (Phi) is 5.34. The Morgan fingerprint density at radius 1 is 0.964 bits per heavy atom. The highest BCUT2D eigenvalue weighted by Crippen LogP contribution is 2.33. The number of piperazine rings is 1. The maximum Gasteiger partial charge on any atom is 0.289 e. The topological polar surface area (TPSA) is 63.0 Å². The summed E-state index contributed by atoms with van der Waals surface area (Å²) in [6.45, 7) is 1.88. The maximum absolute atomic E-state index is 12.5. The molecule has 0 unspecified atom stereocenters. The van der Waals surface area contributed by atoms with E-state index in [1.165, 1.54) is 6.26 Å². The second kappa shape index (κ2) is 8.06. The molecule has 0 radical (unpaired) electrons. The molecule has 0 spiro atoms. The molecule has 1 aromatic heterocycles. The fourth-order valence-corrected chi connectivity index (χ4v) is 3.88. The van der Waals surface area contributed by atoms with Crippen LogP contribution in [0.1, 0.15) is 10.6 Å². The third-order valence-electron chi connectivity index (χ3n) is 4.83. The molecular weight excluding hydrogens is 424 g/mol. The molecule has 2 heterocycles. The summed E-state index contributed by atoms with van der Waals surface area (Å²) in [5, 5.41) is 2.14. The lowest BCUT2D eigenvalue weighted by Gasteiger charge is -2.34. The van der Waals surface area contributed by atoms with Crippen molar-refractivity contribution in [2.75, 3.05) is 32.8 Å². The average molecular weight is 443 g/mol. The van der Waals surface area contributed by atoms with Gasteiger partial charge in [0.15, 0.2) is 12.4 Å². The van der Waals surface area contributed by atoms with Gasteiger partial charge in [0.05, 0.1) is 10.7 Å². The summed E-state index contributed by atoms with van der Waals surface area (Å²) in [6, 6.07) is 15.1. The predicted molar refractivity (Wildman–Crippen MR) is 108 cm³/mol. The number of rotatable bonds is 4. The molecule has 2 amide bonds. The van der Waals surface area contributed by atoms with Crippen LogP contribution in [0.15, 0.2) is 63.7 Å². The monoisotopic (exact) mass is 442 g/mol. The van der Waals surface area contributed by atoms with Gasteiger partial charge in [-0.2, -0.15) is 0 Å². The van der Waals surface area contributed by atoms with Crippen molar-refractivity contribution < 1.29 is 18.7 Å². The second-order valence-corrected chi connectivity index (χ2v) is 7.33. The Bertz CT molecular complexity index is 995. The SMILES string of the molecule is O=C(COc1ccc2ccccc2c1Br)N1CCN(C(=O)c2ccco2)CC1. The van der Waals surface area contributed by atoms with Gasteiger partial charge in [0.2, 0.25) is 0 Å². The van der Waals surface area contributed by atoms with E-state index in [1.807, 2.05) is 36.4 Å². The molecule has 7 heteroatoms. The molecule has 0 atom stereocenters. The molecule has 0 N–H and O–H groups in total. The van der Waals surface area contributed by atoms with E-state index in [2.05, 4.69) is 15.9 Å². The van der Waals surface area contributed by atoms with Gasteiger partial charge >= 0.3 is 0 Å². The number of amides is 2. The van der Waals surface area contributed by atoms with Gasteiger partial charge in [0.1, 0.15) is 5.75 Å². The fraction of sp³-hybridized carbons (Fsp3) is 0.238. The Morgan fingerprint density at radius 3 is 2.46 bits per heavy atom. The van der Waals surface area contributed by atoms with Gasteiger partial charge in [0, 0.05) is 26.2 Å². The number of carbonyl (C=O) groups excluding carboxylic acids is 2. The molecule has 4 rings (SSSR count). The average Bonchev–Trinajstić information content (AvgIpc) is 3.28. The lowest BCUT2D eigenvalue weighted by atomic mass is 10.1. The fourth-order valence-electron chi connectivity index (χ4n) is 3.27. The van der Waals surface area contributed by atoms with Gasteiger partial charge in [-0.05, 0) is 44.9 Å². The Labute approximate surface area is 170 Å². The lowest BCUT2D eigenvalue weighted by Crippen LogP contribution is -2.51. The van der Waals surface area contributed by atoms with E-state index in [4.69, 9.17) is 9.15 Å². The minimum absolute atomic E-state index is 0.0386. The van der Waals surface area contributed by atoms with E-state index in [9.17, 15) is 9.59 Å². The van der Waals surface area contributed by atoms with Crippen molar-refractivity contribution in [3.8, 4) is 5.75 Å². The Hall–Kier alpha value is -2.80. The summed E-state index contributed by atoms with van der Waals surface area (Å²) in [6.07, 6.45) is 1.48. The molecular formula is C21H19BrN2O4. The minimum Gasteiger partial charge on any atom is -0.483 e. The number of halogens is 1. The number of furan rings is 1. The molecule has 6 nitrogen and oxygen atoms in total.